The largest absolute Gasteiger partial charge is 0.0622 e. The van der Waals surface area contributed by atoms with Crippen LogP contribution in [0.25, 0.3) is 0 Å². The first kappa shape index (κ1) is 15.5. The Morgan fingerprint density at radius 3 is 2.27 bits per heavy atom. The number of hydrogen-bond acceptors (Lipinski definition) is 0. The molecule has 4 aliphatic carbocycles. The van der Waals surface area contributed by atoms with Crippen molar-refractivity contribution in [2.75, 3.05) is 0 Å². The molecule has 126 valence electrons. The summed E-state index contributed by atoms with van der Waals surface area (Å²) in [6, 6.07) is 0. The van der Waals surface area contributed by atoms with E-state index in [-0.39, 0.29) is 0 Å². The molecule has 0 aliphatic heterocycles. The molecule has 7 unspecified atom stereocenters. The van der Waals surface area contributed by atoms with Gasteiger partial charge in [0.15, 0.2) is 0 Å². The topological polar surface area (TPSA) is 0 Å². The van der Waals surface area contributed by atoms with Gasteiger partial charge in [-0.25, -0.2) is 0 Å². The molecule has 22 heavy (non-hydrogen) atoms. The SMILES string of the molecule is CC1CCC(C(C)C2CCCCC2)C2C1CC1CCCCC12. The van der Waals surface area contributed by atoms with Gasteiger partial charge in [0, 0.05) is 0 Å². The van der Waals surface area contributed by atoms with Crippen LogP contribution in [-0.4, -0.2) is 0 Å². The van der Waals surface area contributed by atoms with Gasteiger partial charge in [-0.05, 0) is 66.6 Å². The van der Waals surface area contributed by atoms with E-state index in [1.807, 2.05) is 0 Å². The maximum atomic E-state index is 2.67. The lowest BCUT2D eigenvalue weighted by Gasteiger charge is -2.46. The summed E-state index contributed by atoms with van der Waals surface area (Å²) in [5, 5.41) is 0. The summed E-state index contributed by atoms with van der Waals surface area (Å²) in [5.41, 5.74) is 0. The lowest BCUT2D eigenvalue weighted by Crippen LogP contribution is -2.39. The average molecular weight is 303 g/mol. The van der Waals surface area contributed by atoms with Gasteiger partial charge in [-0.3, -0.25) is 0 Å². The van der Waals surface area contributed by atoms with Crippen molar-refractivity contribution in [1.82, 2.24) is 0 Å². The Hall–Kier alpha value is 0. The van der Waals surface area contributed by atoms with Crippen LogP contribution in [0.3, 0.4) is 0 Å². The van der Waals surface area contributed by atoms with Gasteiger partial charge < -0.3 is 0 Å². The van der Waals surface area contributed by atoms with Gasteiger partial charge in [0.2, 0.25) is 0 Å². The molecule has 0 N–H and O–H groups in total. The molecule has 0 heterocycles. The molecule has 4 aliphatic rings. The van der Waals surface area contributed by atoms with Crippen LogP contribution < -0.4 is 0 Å². The fourth-order valence-electron chi connectivity index (χ4n) is 7.59. The van der Waals surface area contributed by atoms with Crippen LogP contribution in [-0.2, 0) is 0 Å². The third-order valence-corrected chi connectivity index (χ3v) is 8.78. The van der Waals surface area contributed by atoms with E-state index >= 15 is 0 Å². The minimum absolute atomic E-state index is 1.03. The van der Waals surface area contributed by atoms with Crippen LogP contribution in [0.2, 0.25) is 0 Å². The van der Waals surface area contributed by atoms with Crippen molar-refractivity contribution in [3.8, 4) is 0 Å². The second kappa shape index (κ2) is 6.48. The Labute approximate surface area is 138 Å². The molecule has 0 nitrogen and oxygen atoms in total. The second-order valence-corrected chi connectivity index (χ2v) is 9.66. The Bertz CT molecular complexity index is 364. The fourth-order valence-corrected chi connectivity index (χ4v) is 7.59. The Morgan fingerprint density at radius 2 is 1.45 bits per heavy atom. The van der Waals surface area contributed by atoms with Crippen LogP contribution in [0.1, 0.15) is 90.9 Å². The predicted molar refractivity (Wildman–Crippen MR) is 94.7 cm³/mol. The molecule has 0 bridgehead atoms. The molecule has 4 saturated carbocycles. The van der Waals surface area contributed by atoms with E-state index in [4.69, 9.17) is 0 Å². The van der Waals surface area contributed by atoms with Crippen LogP contribution in [0.4, 0.5) is 0 Å². The summed E-state index contributed by atoms with van der Waals surface area (Å²) in [6.07, 6.45) is 18.7. The van der Waals surface area contributed by atoms with E-state index in [2.05, 4.69) is 13.8 Å². The number of hydrogen-bond donors (Lipinski definition) is 0. The fraction of sp³-hybridized carbons (Fsp3) is 1.00. The van der Waals surface area contributed by atoms with Gasteiger partial charge in [0.25, 0.3) is 0 Å². The zero-order valence-corrected chi connectivity index (χ0v) is 15.1. The molecule has 7 atom stereocenters. The molecule has 0 aromatic carbocycles. The summed E-state index contributed by atoms with van der Waals surface area (Å²) >= 11 is 0. The van der Waals surface area contributed by atoms with Gasteiger partial charge in [-0.15, -0.1) is 0 Å². The highest BCUT2D eigenvalue weighted by molar-refractivity contribution is 5.01. The van der Waals surface area contributed by atoms with Crippen molar-refractivity contribution >= 4 is 0 Å². The van der Waals surface area contributed by atoms with Gasteiger partial charge in [0.05, 0.1) is 0 Å². The molecule has 0 spiro atoms. The molecule has 4 fully saturated rings. The normalized spacial score (nSPS) is 47.7. The van der Waals surface area contributed by atoms with Crippen molar-refractivity contribution < 1.29 is 0 Å². The third kappa shape index (κ3) is 2.67. The van der Waals surface area contributed by atoms with Crippen molar-refractivity contribution in [3.63, 3.8) is 0 Å². The molecule has 0 amide bonds. The molecular formula is C22H38. The van der Waals surface area contributed by atoms with Crippen molar-refractivity contribution in [1.29, 1.82) is 0 Å². The van der Waals surface area contributed by atoms with Gasteiger partial charge >= 0.3 is 0 Å². The maximum Gasteiger partial charge on any atom is -0.0321 e. The van der Waals surface area contributed by atoms with Gasteiger partial charge in [-0.2, -0.15) is 0 Å². The first-order valence-corrected chi connectivity index (χ1v) is 10.8. The number of rotatable bonds is 2. The molecule has 0 radical (unpaired) electrons. The first-order chi connectivity index (χ1) is 10.8. The van der Waals surface area contributed by atoms with Crippen LogP contribution >= 0.6 is 0 Å². The zero-order chi connectivity index (χ0) is 15.1. The lowest BCUT2D eigenvalue weighted by molar-refractivity contribution is 0.0244. The summed E-state index contributed by atoms with van der Waals surface area (Å²) < 4.78 is 0. The Balaban J connectivity index is 1.53. The first-order valence-electron chi connectivity index (χ1n) is 10.8. The molecule has 4 rings (SSSR count). The van der Waals surface area contributed by atoms with Gasteiger partial charge in [0.1, 0.15) is 0 Å². The van der Waals surface area contributed by atoms with Crippen molar-refractivity contribution in [2.24, 2.45) is 47.3 Å². The average Bonchev–Trinajstić information content (AvgIpc) is 2.96. The maximum absolute atomic E-state index is 2.67. The van der Waals surface area contributed by atoms with E-state index in [1.165, 1.54) is 25.7 Å². The van der Waals surface area contributed by atoms with E-state index in [1.54, 1.807) is 51.4 Å². The van der Waals surface area contributed by atoms with E-state index in [9.17, 15) is 0 Å². The smallest absolute Gasteiger partial charge is 0.0321 e. The summed E-state index contributed by atoms with van der Waals surface area (Å²) in [5.74, 6) is 8.74. The van der Waals surface area contributed by atoms with E-state index < -0.39 is 0 Å². The lowest BCUT2D eigenvalue weighted by atomic mass is 9.59. The zero-order valence-electron chi connectivity index (χ0n) is 15.1. The van der Waals surface area contributed by atoms with Crippen molar-refractivity contribution in [2.45, 2.75) is 90.9 Å². The minimum Gasteiger partial charge on any atom is -0.0622 e. The third-order valence-electron chi connectivity index (χ3n) is 8.78. The summed E-state index contributed by atoms with van der Waals surface area (Å²) in [6.45, 7) is 5.26. The number of fused-ring (bicyclic) bond motifs is 3. The van der Waals surface area contributed by atoms with Crippen LogP contribution in [0.5, 0.6) is 0 Å². The Kier molecular flexibility index (Phi) is 4.57. The Morgan fingerprint density at radius 1 is 0.727 bits per heavy atom. The molecule has 0 heteroatoms. The second-order valence-electron chi connectivity index (χ2n) is 9.66. The molecule has 0 aromatic heterocycles. The van der Waals surface area contributed by atoms with E-state index in [0.717, 1.165) is 47.3 Å². The standard InChI is InChI=1S/C22H38/c1-15-12-13-19(16(2)17-8-4-3-5-9-17)22-20-11-7-6-10-18(20)14-21(15)22/h15-22H,3-14H2,1-2H3. The van der Waals surface area contributed by atoms with Crippen molar-refractivity contribution in [3.05, 3.63) is 0 Å². The highest BCUT2D eigenvalue weighted by atomic mass is 14.6. The highest BCUT2D eigenvalue weighted by Gasteiger charge is 2.52. The molecule has 0 aromatic rings. The monoisotopic (exact) mass is 302 g/mol. The molecule has 0 saturated heterocycles. The van der Waals surface area contributed by atoms with Crippen LogP contribution in [0.15, 0.2) is 0 Å². The van der Waals surface area contributed by atoms with E-state index in [0.29, 0.717) is 0 Å². The van der Waals surface area contributed by atoms with Gasteiger partial charge in [-0.1, -0.05) is 71.6 Å². The minimum atomic E-state index is 1.03. The van der Waals surface area contributed by atoms with Crippen LogP contribution in [0, 0.1) is 47.3 Å². The predicted octanol–water partition coefficient (Wildman–Crippen LogP) is 6.69. The summed E-state index contributed by atoms with van der Waals surface area (Å²) in [4.78, 5) is 0. The molecular weight excluding hydrogens is 264 g/mol. The highest BCUT2D eigenvalue weighted by Crippen LogP contribution is 2.60. The quantitative estimate of drug-likeness (QED) is 0.533. The summed E-state index contributed by atoms with van der Waals surface area (Å²) in [7, 11) is 0.